The molecule has 4 heteroatoms. The van der Waals surface area contributed by atoms with E-state index in [4.69, 9.17) is 10.5 Å². The summed E-state index contributed by atoms with van der Waals surface area (Å²) in [5, 5.41) is 0. The SMILES string of the molecule is COc1cc(-c2cnccc2C)cc(F)c1N. The minimum absolute atomic E-state index is 0.0257. The largest absolute Gasteiger partial charge is 0.494 e. The Balaban J connectivity index is 2.61. The first-order chi connectivity index (χ1) is 8.13. The molecule has 0 bridgehead atoms. The number of nitrogen functional groups attached to an aromatic ring is 1. The zero-order valence-electron chi connectivity index (χ0n) is 9.70. The first kappa shape index (κ1) is 11.4. The molecule has 0 spiro atoms. The van der Waals surface area contributed by atoms with Gasteiger partial charge in [0.1, 0.15) is 11.4 Å². The van der Waals surface area contributed by atoms with Gasteiger partial charge >= 0.3 is 0 Å². The van der Waals surface area contributed by atoms with E-state index in [9.17, 15) is 4.39 Å². The van der Waals surface area contributed by atoms with Gasteiger partial charge in [-0.1, -0.05) is 0 Å². The van der Waals surface area contributed by atoms with E-state index in [0.717, 1.165) is 11.1 Å². The summed E-state index contributed by atoms with van der Waals surface area (Å²) in [5.74, 6) is -0.147. The number of aromatic nitrogens is 1. The Morgan fingerprint density at radius 1 is 1.35 bits per heavy atom. The van der Waals surface area contributed by atoms with Crippen molar-refractivity contribution in [3.63, 3.8) is 0 Å². The summed E-state index contributed by atoms with van der Waals surface area (Å²) >= 11 is 0. The van der Waals surface area contributed by atoms with E-state index < -0.39 is 5.82 Å². The maximum Gasteiger partial charge on any atom is 0.150 e. The monoisotopic (exact) mass is 232 g/mol. The second-order valence-corrected chi connectivity index (χ2v) is 3.76. The maximum absolute atomic E-state index is 13.6. The number of nitrogens with two attached hydrogens (primary N) is 1. The van der Waals surface area contributed by atoms with E-state index in [0.29, 0.717) is 11.3 Å². The Bertz CT molecular complexity index is 555. The van der Waals surface area contributed by atoms with Crippen molar-refractivity contribution in [3.05, 3.63) is 42.0 Å². The van der Waals surface area contributed by atoms with Gasteiger partial charge in [0.15, 0.2) is 5.82 Å². The molecule has 0 aliphatic rings. The number of halogens is 1. The second-order valence-electron chi connectivity index (χ2n) is 3.76. The number of methoxy groups -OCH3 is 1. The van der Waals surface area contributed by atoms with Crippen molar-refractivity contribution in [2.75, 3.05) is 12.8 Å². The van der Waals surface area contributed by atoms with Gasteiger partial charge in [0, 0.05) is 18.0 Å². The lowest BCUT2D eigenvalue weighted by Gasteiger charge is -2.10. The van der Waals surface area contributed by atoms with Gasteiger partial charge in [-0.05, 0) is 36.2 Å². The number of pyridine rings is 1. The number of hydrogen-bond acceptors (Lipinski definition) is 3. The molecule has 0 atom stereocenters. The fourth-order valence-electron chi connectivity index (χ4n) is 1.68. The van der Waals surface area contributed by atoms with Crippen LogP contribution < -0.4 is 10.5 Å². The highest BCUT2D eigenvalue weighted by atomic mass is 19.1. The molecule has 1 aromatic heterocycles. The molecule has 0 fully saturated rings. The Morgan fingerprint density at radius 2 is 2.12 bits per heavy atom. The van der Waals surface area contributed by atoms with E-state index >= 15 is 0 Å². The fourth-order valence-corrected chi connectivity index (χ4v) is 1.68. The van der Waals surface area contributed by atoms with E-state index in [1.165, 1.54) is 13.2 Å². The van der Waals surface area contributed by atoms with Crippen LogP contribution in [-0.4, -0.2) is 12.1 Å². The third-order valence-electron chi connectivity index (χ3n) is 2.66. The zero-order valence-corrected chi connectivity index (χ0v) is 9.70. The van der Waals surface area contributed by atoms with Crippen LogP contribution in [0.4, 0.5) is 10.1 Å². The molecule has 0 amide bonds. The number of ether oxygens (including phenoxy) is 1. The van der Waals surface area contributed by atoms with E-state index in [1.807, 2.05) is 13.0 Å². The smallest absolute Gasteiger partial charge is 0.150 e. The molecule has 0 saturated carbocycles. The van der Waals surface area contributed by atoms with Crippen LogP contribution in [0.3, 0.4) is 0 Å². The highest BCUT2D eigenvalue weighted by Crippen LogP contribution is 2.32. The highest BCUT2D eigenvalue weighted by Gasteiger charge is 2.11. The van der Waals surface area contributed by atoms with Gasteiger partial charge in [0.25, 0.3) is 0 Å². The first-order valence-corrected chi connectivity index (χ1v) is 5.17. The molecule has 3 nitrogen and oxygen atoms in total. The van der Waals surface area contributed by atoms with Crippen molar-refractivity contribution in [1.29, 1.82) is 0 Å². The Labute approximate surface area is 99.1 Å². The van der Waals surface area contributed by atoms with Gasteiger partial charge < -0.3 is 10.5 Å². The third kappa shape index (κ3) is 2.06. The lowest BCUT2D eigenvalue weighted by molar-refractivity contribution is 0.414. The number of anilines is 1. The molecule has 0 radical (unpaired) electrons. The summed E-state index contributed by atoms with van der Waals surface area (Å²) in [4.78, 5) is 4.03. The summed E-state index contributed by atoms with van der Waals surface area (Å²) in [6.45, 7) is 1.94. The Morgan fingerprint density at radius 3 is 2.76 bits per heavy atom. The van der Waals surface area contributed by atoms with Crippen LogP contribution in [0.1, 0.15) is 5.56 Å². The normalized spacial score (nSPS) is 10.3. The van der Waals surface area contributed by atoms with E-state index in [1.54, 1.807) is 18.5 Å². The van der Waals surface area contributed by atoms with Gasteiger partial charge in [-0.2, -0.15) is 0 Å². The quantitative estimate of drug-likeness (QED) is 0.810. The van der Waals surface area contributed by atoms with Gasteiger partial charge in [-0.25, -0.2) is 4.39 Å². The average Bonchev–Trinajstić information content (AvgIpc) is 2.33. The molecule has 2 N–H and O–H groups in total. The Hall–Kier alpha value is -2.10. The van der Waals surface area contributed by atoms with Crippen molar-refractivity contribution < 1.29 is 9.13 Å². The maximum atomic E-state index is 13.6. The van der Waals surface area contributed by atoms with Gasteiger partial charge in [0.2, 0.25) is 0 Å². The molecule has 2 rings (SSSR count). The van der Waals surface area contributed by atoms with Crippen molar-refractivity contribution in [3.8, 4) is 16.9 Å². The van der Waals surface area contributed by atoms with Gasteiger partial charge in [0.05, 0.1) is 7.11 Å². The molecule has 1 aromatic carbocycles. The molecule has 2 aromatic rings. The van der Waals surface area contributed by atoms with Crippen LogP contribution >= 0.6 is 0 Å². The molecule has 1 heterocycles. The molecule has 0 unspecified atom stereocenters. The third-order valence-corrected chi connectivity index (χ3v) is 2.66. The molecular weight excluding hydrogens is 219 g/mol. The zero-order chi connectivity index (χ0) is 12.4. The van der Waals surface area contributed by atoms with Crippen LogP contribution in [0.2, 0.25) is 0 Å². The number of benzene rings is 1. The standard InChI is InChI=1S/C13H13FN2O/c1-8-3-4-16-7-10(8)9-5-11(14)13(15)12(6-9)17-2/h3-7H,15H2,1-2H3. The summed E-state index contributed by atoms with van der Waals surface area (Å²) in [7, 11) is 1.46. The predicted molar refractivity (Wildman–Crippen MR) is 65.3 cm³/mol. The first-order valence-electron chi connectivity index (χ1n) is 5.17. The molecule has 0 saturated heterocycles. The number of aryl methyl sites for hydroxylation is 1. The van der Waals surface area contributed by atoms with Gasteiger partial charge in [-0.3, -0.25) is 4.98 Å². The molecule has 17 heavy (non-hydrogen) atoms. The topological polar surface area (TPSA) is 48.1 Å². The summed E-state index contributed by atoms with van der Waals surface area (Å²) in [6.07, 6.45) is 3.39. The van der Waals surface area contributed by atoms with Crippen LogP contribution in [0, 0.1) is 12.7 Å². The van der Waals surface area contributed by atoms with Crippen molar-refractivity contribution in [2.24, 2.45) is 0 Å². The summed E-state index contributed by atoms with van der Waals surface area (Å²) < 4.78 is 18.7. The van der Waals surface area contributed by atoms with E-state index in [-0.39, 0.29) is 5.69 Å². The average molecular weight is 232 g/mol. The molecule has 0 aliphatic carbocycles. The van der Waals surface area contributed by atoms with Crippen LogP contribution in [0.25, 0.3) is 11.1 Å². The highest BCUT2D eigenvalue weighted by molar-refractivity contribution is 5.72. The van der Waals surface area contributed by atoms with Crippen molar-refractivity contribution >= 4 is 5.69 Å². The van der Waals surface area contributed by atoms with Crippen molar-refractivity contribution in [1.82, 2.24) is 4.98 Å². The van der Waals surface area contributed by atoms with Crippen LogP contribution in [0.5, 0.6) is 5.75 Å². The van der Waals surface area contributed by atoms with Crippen LogP contribution in [-0.2, 0) is 0 Å². The predicted octanol–water partition coefficient (Wildman–Crippen LogP) is 2.79. The second kappa shape index (κ2) is 4.41. The minimum atomic E-state index is -0.484. The number of rotatable bonds is 2. The summed E-state index contributed by atoms with van der Waals surface area (Å²) in [5.41, 5.74) is 8.18. The van der Waals surface area contributed by atoms with E-state index in [2.05, 4.69) is 4.98 Å². The number of nitrogens with zero attached hydrogens (tertiary/aromatic N) is 1. The summed E-state index contributed by atoms with van der Waals surface area (Å²) in [6, 6.07) is 4.97. The lowest BCUT2D eigenvalue weighted by Crippen LogP contribution is -1.97. The molecular formula is C13H13FN2O. The fraction of sp³-hybridized carbons (Fsp3) is 0.154. The van der Waals surface area contributed by atoms with Crippen molar-refractivity contribution in [2.45, 2.75) is 6.92 Å². The number of hydrogen-bond donors (Lipinski definition) is 1. The Kier molecular flexibility index (Phi) is 2.95. The van der Waals surface area contributed by atoms with Gasteiger partial charge in [-0.15, -0.1) is 0 Å². The lowest BCUT2D eigenvalue weighted by atomic mass is 10.0. The molecule has 0 aliphatic heterocycles. The minimum Gasteiger partial charge on any atom is -0.494 e. The molecule has 88 valence electrons. The van der Waals surface area contributed by atoms with Crippen LogP contribution in [0.15, 0.2) is 30.6 Å².